The Kier molecular flexibility index (Phi) is 14.5. The number of hydrogen-bond acceptors (Lipinski definition) is 0. The summed E-state index contributed by atoms with van der Waals surface area (Å²) < 4.78 is 4.95. The highest BCUT2D eigenvalue weighted by Gasteiger charge is 2.20. The van der Waals surface area contributed by atoms with Gasteiger partial charge in [-0.05, 0) is 84.3 Å². The van der Waals surface area contributed by atoms with E-state index in [1.807, 2.05) is 0 Å². The van der Waals surface area contributed by atoms with Gasteiger partial charge >= 0.3 is 0 Å². The number of rotatable bonds is 22. The molecule has 0 aliphatic rings. The van der Waals surface area contributed by atoms with E-state index >= 15 is 0 Å². The minimum atomic E-state index is 1.16. The molecular formula is C50H62N2. The minimum Gasteiger partial charge on any atom is -0.308 e. The molecule has 272 valence electrons. The Labute approximate surface area is 314 Å². The fourth-order valence-electron chi connectivity index (χ4n) is 7.90. The van der Waals surface area contributed by atoms with Crippen LogP contribution in [0.5, 0.6) is 0 Å². The van der Waals surface area contributed by atoms with Crippen molar-refractivity contribution in [3.63, 3.8) is 0 Å². The predicted molar refractivity (Wildman–Crippen MR) is 226 cm³/mol. The Morgan fingerprint density at radius 2 is 0.673 bits per heavy atom. The molecule has 0 unspecified atom stereocenters. The fourth-order valence-corrected chi connectivity index (χ4v) is 7.90. The SMILES string of the molecule is CCCCCCCCCCc1ccc(-n2c(-c3ccccc3)cc3c2cc(-c2ccccc2)n3-c2ccc(CCCCCCCCCC)cc2)cc1. The molecule has 2 nitrogen and oxygen atoms in total. The molecule has 6 aromatic rings. The van der Waals surface area contributed by atoms with Crippen molar-refractivity contribution in [3.8, 4) is 33.9 Å². The van der Waals surface area contributed by atoms with Crippen molar-refractivity contribution in [2.45, 2.75) is 129 Å². The summed E-state index contributed by atoms with van der Waals surface area (Å²) in [6.45, 7) is 4.59. The Bertz CT molecular complexity index is 1730. The van der Waals surface area contributed by atoms with E-state index in [1.54, 1.807) is 0 Å². The second-order valence-electron chi connectivity index (χ2n) is 15.0. The van der Waals surface area contributed by atoms with Crippen LogP contribution in [0.4, 0.5) is 0 Å². The van der Waals surface area contributed by atoms with Crippen LogP contribution in [0.1, 0.15) is 128 Å². The normalized spacial score (nSPS) is 11.5. The maximum absolute atomic E-state index is 2.48. The molecule has 2 heteroatoms. The van der Waals surface area contributed by atoms with Gasteiger partial charge in [-0.1, -0.05) is 189 Å². The third-order valence-corrected chi connectivity index (χ3v) is 10.9. The van der Waals surface area contributed by atoms with E-state index in [1.165, 1.54) is 159 Å². The van der Waals surface area contributed by atoms with Crippen LogP contribution in [0.15, 0.2) is 121 Å². The average molecular weight is 691 g/mol. The van der Waals surface area contributed by atoms with Gasteiger partial charge in [-0.15, -0.1) is 0 Å². The molecule has 4 aromatic carbocycles. The van der Waals surface area contributed by atoms with Crippen molar-refractivity contribution in [3.05, 3.63) is 132 Å². The van der Waals surface area contributed by atoms with Gasteiger partial charge in [0.2, 0.25) is 0 Å². The Morgan fingerprint density at radius 3 is 1.02 bits per heavy atom. The Hall–Kier alpha value is -4.30. The summed E-state index contributed by atoms with van der Waals surface area (Å²) in [5, 5.41) is 0. The van der Waals surface area contributed by atoms with Crippen LogP contribution in [-0.2, 0) is 12.8 Å². The summed E-state index contributed by atoms with van der Waals surface area (Å²) in [5.74, 6) is 0. The van der Waals surface area contributed by atoms with Gasteiger partial charge in [0.25, 0.3) is 0 Å². The van der Waals surface area contributed by atoms with Gasteiger partial charge < -0.3 is 9.13 Å². The van der Waals surface area contributed by atoms with Gasteiger partial charge in [-0.2, -0.15) is 0 Å². The molecule has 6 rings (SSSR count). The lowest BCUT2D eigenvalue weighted by molar-refractivity contribution is 0.575. The number of hydrogen-bond donors (Lipinski definition) is 0. The van der Waals surface area contributed by atoms with E-state index in [-0.39, 0.29) is 0 Å². The van der Waals surface area contributed by atoms with Gasteiger partial charge in [0.15, 0.2) is 0 Å². The molecule has 0 amide bonds. The molecule has 0 radical (unpaired) electrons. The summed E-state index contributed by atoms with van der Waals surface area (Å²) in [4.78, 5) is 0. The number of nitrogens with zero attached hydrogens (tertiary/aromatic N) is 2. The van der Waals surface area contributed by atoms with Gasteiger partial charge in [0.1, 0.15) is 0 Å². The Morgan fingerprint density at radius 1 is 0.346 bits per heavy atom. The average Bonchev–Trinajstić information content (AvgIpc) is 3.75. The molecule has 0 fully saturated rings. The quantitative estimate of drug-likeness (QED) is 0.0628. The third-order valence-electron chi connectivity index (χ3n) is 10.9. The highest BCUT2D eigenvalue weighted by molar-refractivity contribution is 5.93. The first-order valence-electron chi connectivity index (χ1n) is 20.8. The van der Waals surface area contributed by atoms with E-state index in [0.29, 0.717) is 0 Å². The molecule has 0 saturated carbocycles. The minimum absolute atomic E-state index is 1.16. The van der Waals surface area contributed by atoms with Crippen molar-refractivity contribution in [2.75, 3.05) is 0 Å². The smallest absolute Gasteiger partial charge is 0.0724 e. The summed E-state index contributed by atoms with van der Waals surface area (Å²) >= 11 is 0. The Balaban J connectivity index is 1.26. The first kappa shape index (κ1) is 37.5. The number of unbranched alkanes of at least 4 members (excludes halogenated alkanes) is 14. The van der Waals surface area contributed by atoms with Crippen LogP contribution in [0.2, 0.25) is 0 Å². The fraction of sp³-hybridized carbons (Fsp3) is 0.400. The molecule has 0 N–H and O–H groups in total. The monoisotopic (exact) mass is 690 g/mol. The van der Waals surface area contributed by atoms with Crippen LogP contribution in [-0.4, -0.2) is 9.13 Å². The van der Waals surface area contributed by atoms with E-state index in [4.69, 9.17) is 0 Å². The van der Waals surface area contributed by atoms with E-state index in [2.05, 4.69) is 144 Å². The number of fused-ring (bicyclic) bond motifs is 1. The van der Waals surface area contributed by atoms with Crippen LogP contribution >= 0.6 is 0 Å². The summed E-state index contributed by atoms with van der Waals surface area (Å²) in [6, 6.07) is 45.4. The van der Waals surface area contributed by atoms with Gasteiger partial charge in [-0.3, -0.25) is 0 Å². The second-order valence-corrected chi connectivity index (χ2v) is 15.0. The lowest BCUT2D eigenvalue weighted by Crippen LogP contribution is -1.97. The van der Waals surface area contributed by atoms with Crippen molar-refractivity contribution >= 4 is 11.0 Å². The molecule has 0 atom stereocenters. The van der Waals surface area contributed by atoms with Crippen LogP contribution in [0, 0.1) is 0 Å². The predicted octanol–water partition coefficient (Wildman–Crippen LogP) is 15.1. The molecule has 0 spiro atoms. The molecule has 0 saturated heterocycles. The van der Waals surface area contributed by atoms with E-state index in [9.17, 15) is 0 Å². The van der Waals surface area contributed by atoms with E-state index in [0.717, 1.165) is 12.8 Å². The largest absolute Gasteiger partial charge is 0.308 e. The van der Waals surface area contributed by atoms with Crippen LogP contribution in [0.25, 0.3) is 44.9 Å². The molecular weight excluding hydrogens is 629 g/mol. The van der Waals surface area contributed by atoms with Crippen molar-refractivity contribution in [2.24, 2.45) is 0 Å². The summed E-state index contributed by atoms with van der Waals surface area (Å²) in [7, 11) is 0. The first-order valence-corrected chi connectivity index (χ1v) is 20.8. The van der Waals surface area contributed by atoms with Crippen molar-refractivity contribution in [1.29, 1.82) is 0 Å². The zero-order valence-corrected chi connectivity index (χ0v) is 32.2. The lowest BCUT2D eigenvalue weighted by atomic mass is 10.0. The lowest BCUT2D eigenvalue weighted by Gasteiger charge is -2.13. The van der Waals surface area contributed by atoms with Gasteiger partial charge in [0, 0.05) is 11.4 Å². The zero-order valence-electron chi connectivity index (χ0n) is 32.2. The molecule has 52 heavy (non-hydrogen) atoms. The molecule has 2 aromatic heterocycles. The van der Waals surface area contributed by atoms with E-state index < -0.39 is 0 Å². The number of aryl methyl sites for hydroxylation is 2. The van der Waals surface area contributed by atoms with Crippen LogP contribution in [0.3, 0.4) is 0 Å². The third kappa shape index (κ3) is 9.97. The van der Waals surface area contributed by atoms with Crippen LogP contribution < -0.4 is 0 Å². The maximum atomic E-state index is 2.48. The highest BCUT2D eigenvalue weighted by Crippen LogP contribution is 2.38. The first-order chi connectivity index (χ1) is 25.8. The van der Waals surface area contributed by atoms with Crippen molar-refractivity contribution < 1.29 is 0 Å². The maximum Gasteiger partial charge on any atom is 0.0724 e. The number of aromatic nitrogens is 2. The zero-order chi connectivity index (χ0) is 35.8. The van der Waals surface area contributed by atoms with Gasteiger partial charge in [-0.25, -0.2) is 0 Å². The standard InChI is InChI=1S/C50H62N2/c1-3-5-7-9-11-13-15-19-25-41-31-35-45(36-32-41)51-47(43-27-21-17-22-28-43)39-50-49(51)40-48(44-29-23-18-24-30-44)52(50)46-37-33-42(34-38-46)26-20-16-14-12-10-8-6-4-2/h17-18,21-24,27-40H,3-16,19-20,25-26H2,1-2H3. The van der Waals surface area contributed by atoms with Crippen molar-refractivity contribution in [1.82, 2.24) is 9.13 Å². The topological polar surface area (TPSA) is 9.86 Å². The second kappa shape index (κ2) is 20.1. The number of benzene rings is 4. The highest BCUT2D eigenvalue weighted by atomic mass is 15.1. The summed E-state index contributed by atoms with van der Waals surface area (Å²) in [6.07, 6.45) is 24.1. The molecule has 0 aliphatic heterocycles. The molecule has 2 heterocycles. The molecule has 0 bridgehead atoms. The molecule has 0 aliphatic carbocycles. The summed E-state index contributed by atoms with van der Waals surface area (Å²) in [5.41, 5.74) is 12.7. The van der Waals surface area contributed by atoms with Gasteiger partial charge in [0.05, 0.1) is 22.4 Å².